The molecule has 0 spiro atoms. The normalized spacial score (nSPS) is 35.8. The maximum atomic E-state index is 3.91. The lowest BCUT2D eigenvalue weighted by Gasteiger charge is -2.37. The van der Waals surface area contributed by atoms with E-state index in [-0.39, 0.29) is 0 Å². The molecule has 1 aliphatic carbocycles. The molecule has 1 saturated heterocycles. The monoisotopic (exact) mass is 252 g/mol. The standard InChI is InChI=1S/C16H32N2/c1-4-9-18-10-5-6-15(12-18)14(3)17-16-8-7-13(2)11-16/h13-17H,4-12H2,1-3H3. The Morgan fingerprint density at radius 3 is 2.78 bits per heavy atom. The SMILES string of the molecule is CCCN1CCCC(C(C)NC2CCC(C)C2)C1. The molecule has 1 N–H and O–H groups in total. The van der Waals surface area contributed by atoms with Crippen LogP contribution in [0.4, 0.5) is 0 Å². The van der Waals surface area contributed by atoms with Gasteiger partial charge in [0.15, 0.2) is 0 Å². The minimum Gasteiger partial charge on any atom is -0.311 e. The highest BCUT2D eigenvalue weighted by Gasteiger charge is 2.28. The van der Waals surface area contributed by atoms with Crippen LogP contribution in [0.2, 0.25) is 0 Å². The number of nitrogens with zero attached hydrogens (tertiary/aromatic N) is 1. The molecule has 1 aliphatic heterocycles. The topological polar surface area (TPSA) is 15.3 Å². The smallest absolute Gasteiger partial charge is 0.00818 e. The van der Waals surface area contributed by atoms with Crippen LogP contribution in [0.15, 0.2) is 0 Å². The first-order chi connectivity index (χ1) is 8.69. The molecule has 2 aliphatic rings. The highest BCUT2D eigenvalue weighted by molar-refractivity contribution is 4.85. The van der Waals surface area contributed by atoms with Gasteiger partial charge in [0.05, 0.1) is 0 Å². The molecule has 2 fully saturated rings. The third-order valence-electron chi connectivity index (χ3n) is 4.98. The summed E-state index contributed by atoms with van der Waals surface area (Å²) >= 11 is 0. The third kappa shape index (κ3) is 3.96. The summed E-state index contributed by atoms with van der Waals surface area (Å²) in [6, 6.07) is 1.51. The molecule has 0 amide bonds. The average molecular weight is 252 g/mol. The predicted octanol–water partition coefficient (Wildman–Crippen LogP) is 3.28. The molecular weight excluding hydrogens is 220 g/mol. The van der Waals surface area contributed by atoms with Crippen molar-refractivity contribution in [2.75, 3.05) is 19.6 Å². The van der Waals surface area contributed by atoms with Crippen molar-refractivity contribution in [1.82, 2.24) is 10.2 Å². The number of piperidine rings is 1. The van der Waals surface area contributed by atoms with E-state index >= 15 is 0 Å². The lowest BCUT2D eigenvalue weighted by Crippen LogP contribution is -2.47. The molecule has 0 aromatic rings. The summed E-state index contributed by atoms with van der Waals surface area (Å²) in [7, 11) is 0. The third-order valence-corrected chi connectivity index (χ3v) is 4.98. The second-order valence-corrected chi connectivity index (χ2v) is 6.77. The van der Waals surface area contributed by atoms with Crippen molar-refractivity contribution < 1.29 is 0 Å². The van der Waals surface area contributed by atoms with Crippen LogP contribution in [0.1, 0.15) is 59.3 Å². The van der Waals surface area contributed by atoms with Crippen molar-refractivity contribution in [1.29, 1.82) is 0 Å². The van der Waals surface area contributed by atoms with E-state index in [0.717, 1.165) is 17.9 Å². The number of nitrogens with one attached hydrogen (secondary N) is 1. The summed E-state index contributed by atoms with van der Waals surface area (Å²) in [5.74, 6) is 1.82. The van der Waals surface area contributed by atoms with E-state index in [1.165, 1.54) is 58.2 Å². The Bertz CT molecular complexity index is 239. The number of rotatable bonds is 5. The van der Waals surface area contributed by atoms with E-state index in [4.69, 9.17) is 0 Å². The molecule has 1 heterocycles. The summed E-state index contributed by atoms with van der Waals surface area (Å²) in [6.07, 6.45) is 8.35. The fourth-order valence-electron chi connectivity index (χ4n) is 3.89. The van der Waals surface area contributed by atoms with Crippen molar-refractivity contribution in [3.63, 3.8) is 0 Å². The van der Waals surface area contributed by atoms with Gasteiger partial charge in [-0.25, -0.2) is 0 Å². The maximum Gasteiger partial charge on any atom is 0.00818 e. The zero-order valence-electron chi connectivity index (χ0n) is 12.6. The molecule has 2 nitrogen and oxygen atoms in total. The van der Waals surface area contributed by atoms with Crippen LogP contribution < -0.4 is 5.32 Å². The first-order valence-corrected chi connectivity index (χ1v) is 8.17. The summed E-state index contributed by atoms with van der Waals surface area (Å²) in [4.78, 5) is 2.67. The minimum absolute atomic E-state index is 0.708. The Morgan fingerprint density at radius 2 is 2.11 bits per heavy atom. The van der Waals surface area contributed by atoms with Crippen molar-refractivity contribution in [3.8, 4) is 0 Å². The second kappa shape index (κ2) is 6.91. The van der Waals surface area contributed by atoms with Gasteiger partial charge in [-0.05, 0) is 70.4 Å². The predicted molar refractivity (Wildman–Crippen MR) is 78.9 cm³/mol. The Hall–Kier alpha value is -0.0800. The average Bonchev–Trinajstić information content (AvgIpc) is 2.75. The molecule has 0 aromatic carbocycles. The van der Waals surface area contributed by atoms with Crippen molar-refractivity contribution in [2.45, 2.75) is 71.4 Å². The van der Waals surface area contributed by atoms with Crippen molar-refractivity contribution in [3.05, 3.63) is 0 Å². The molecular formula is C16H32N2. The van der Waals surface area contributed by atoms with E-state index in [2.05, 4.69) is 31.0 Å². The van der Waals surface area contributed by atoms with Crippen LogP contribution in [0.3, 0.4) is 0 Å². The zero-order chi connectivity index (χ0) is 13.0. The molecule has 18 heavy (non-hydrogen) atoms. The Morgan fingerprint density at radius 1 is 1.28 bits per heavy atom. The summed E-state index contributed by atoms with van der Waals surface area (Å²) in [5, 5.41) is 3.91. The van der Waals surface area contributed by atoms with E-state index in [0.29, 0.717) is 6.04 Å². The summed E-state index contributed by atoms with van der Waals surface area (Å²) in [6.45, 7) is 11.1. The lowest BCUT2D eigenvalue weighted by molar-refractivity contribution is 0.146. The van der Waals surface area contributed by atoms with Crippen LogP contribution in [-0.4, -0.2) is 36.6 Å². The van der Waals surface area contributed by atoms with Gasteiger partial charge in [0.25, 0.3) is 0 Å². The Labute approximate surface area is 114 Å². The fourth-order valence-corrected chi connectivity index (χ4v) is 3.89. The fraction of sp³-hybridized carbons (Fsp3) is 1.00. The second-order valence-electron chi connectivity index (χ2n) is 6.77. The van der Waals surface area contributed by atoms with Gasteiger partial charge in [0, 0.05) is 18.6 Å². The van der Waals surface area contributed by atoms with E-state index in [1.54, 1.807) is 0 Å². The summed E-state index contributed by atoms with van der Waals surface area (Å²) < 4.78 is 0. The van der Waals surface area contributed by atoms with Crippen LogP contribution in [0.5, 0.6) is 0 Å². The molecule has 2 rings (SSSR count). The largest absolute Gasteiger partial charge is 0.311 e. The lowest BCUT2D eigenvalue weighted by atomic mass is 9.91. The van der Waals surface area contributed by atoms with Crippen LogP contribution >= 0.6 is 0 Å². The van der Waals surface area contributed by atoms with Gasteiger partial charge < -0.3 is 10.2 Å². The van der Waals surface area contributed by atoms with Gasteiger partial charge in [-0.15, -0.1) is 0 Å². The Kier molecular flexibility index (Phi) is 5.50. The molecule has 4 unspecified atom stereocenters. The van der Waals surface area contributed by atoms with Gasteiger partial charge in [0.1, 0.15) is 0 Å². The van der Waals surface area contributed by atoms with Gasteiger partial charge in [-0.1, -0.05) is 13.8 Å². The molecule has 1 saturated carbocycles. The molecule has 4 atom stereocenters. The number of likely N-dealkylation sites (tertiary alicyclic amines) is 1. The first-order valence-electron chi connectivity index (χ1n) is 8.17. The molecule has 0 radical (unpaired) electrons. The number of hydrogen-bond acceptors (Lipinski definition) is 2. The van der Waals surface area contributed by atoms with Gasteiger partial charge in [-0.2, -0.15) is 0 Å². The quantitative estimate of drug-likeness (QED) is 0.808. The van der Waals surface area contributed by atoms with E-state index in [1.807, 2.05) is 0 Å². The maximum absolute atomic E-state index is 3.91. The van der Waals surface area contributed by atoms with Crippen LogP contribution in [-0.2, 0) is 0 Å². The molecule has 106 valence electrons. The summed E-state index contributed by atoms with van der Waals surface area (Å²) in [5.41, 5.74) is 0. The highest BCUT2D eigenvalue weighted by atomic mass is 15.1. The Balaban J connectivity index is 1.75. The van der Waals surface area contributed by atoms with Crippen molar-refractivity contribution >= 4 is 0 Å². The molecule has 2 heteroatoms. The molecule has 0 bridgehead atoms. The number of hydrogen-bond donors (Lipinski definition) is 1. The molecule has 0 aromatic heterocycles. The highest BCUT2D eigenvalue weighted by Crippen LogP contribution is 2.27. The minimum atomic E-state index is 0.708. The van der Waals surface area contributed by atoms with Crippen molar-refractivity contribution in [2.24, 2.45) is 11.8 Å². The van der Waals surface area contributed by atoms with E-state index in [9.17, 15) is 0 Å². The first kappa shape index (κ1) is 14.3. The van der Waals surface area contributed by atoms with Gasteiger partial charge in [0.2, 0.25) is 0 Å². The van der Waals surface area contributed by atoms with Gasteiger partial charge >= 0.3 is 0 Å². The van der Waals surface area contributed by atoms with Gasteiger partial charge in [-0.3, -0.25) is 0 Å². The van der Waals surface area contributed by atoms with Crippen LogP contribution in [0, 0.1) is 11.8 Å². The van der Waals surface area contributed by atoms with Crippen LogP contribution in [0.25, 0.3) is 0 Å². The van der Waals surface area contributed by atoms with E-state index < -0.39 is 0 Å². The zero-order valence-corrected chi connectivity index (χ0v) is 12.6.